The molecule has 6 N–H and O–H groups in total. The summed E-state index contributed by atoms with van der Waals surface area (Å²) < 4.78 is 45.7. The van der Waals surface area contributed by atoms with Crippen LogP contribution in [0.2, 0.25) is 0 Å². The van der Waals surface area contributed by atoms with Crippen LogP contribution >= 0.6 is 0 Å². The first kappa shape index (κ1) is 24.4. The van der Waals surface area contributed by atoms with Crippen molar-refractivity contribution in [3.05, 3.63) is 58.8 Å². The topological polar surface area (TPSA) is 111 Å². The van der Waals surface area contributed by atoms with E-state index >= 15 is 0 Å². The van der Waals surface area contributed by atoms with Crippen molar-refractivity contribution in [2.45, 2.75) is 26.9 Å². The molecule has 1 heterocycles. The number of aryl methyl sites for hydroxylation is 1. The number of nitrogen functional groups attached to an aromatic ring is 1. The maximum atomic E-state index is 13.6. The highest BCUT2D eigenvalue weighted by Gasteiger charge is 2.35. The summed E-state index contributed by atoms with van der Waals surface area (Å²) in [5.41, 5.74) is 13.2. The number of nitrogens with one attached hydrogen (secondary N) is 2. The molecule has 2 aromatic rings. The Morgan fingerprint density at radius 2 is 2.03 bits per heavy atom. The van der Waals surface area contributed by atoms with E-state index in [2.05, 4.69) is 26.5 Å². The number of allylic oxidation sites excluding steroid dienone is 2. The number of halogens is 3. The zero-order valence-corrected chi connectivity index (χ0v) is 18.1. The summed E-state index contributed by atoms with van der Waals surface area (Å²) in [6, 6.07) is 4.93. The first-order valence-electron chi connectivity index (χ1n) is 9.48. The van der Waals surface area contributed by atoms with Crippen LogP contribution in [-0.2, 0) is 10.9 Å². The van der Waals surface area contributed by atoms with Crippen molar-refractivity contribution < 1.29 is 17.9 Å². The number of aromatic nitrogens is 2. The van der Waals surface area contributed by atoms with Crippen LogP contribution in [0.15, 0.2) is 47.6 Å². The average Bonchev–Trinajstić information content (AvgIpc) is 2.73. The highest BCUT2D eigenvalue weighted by atomic mass is 19.4. The molecule has 1 atom stereocenters. The molecule has 0 fully saturated rings. The number of hydrogen-bond donors (Lipinski definition) is 4. The van der Waals surface area contributed by atoms with E-state index in [-0.39, 0.29) is 29.1 Å². The fraction of sp³-hybridized carbons (Fsp3) is 0.273. The number of anilines is 4. The summed E-state index contributed by atoms with van der Waals surface area (Å²) in [7, 11) is 1.38. The van der Waals surface area contributed by atoms with E-state index in [4.69, 9.17) is 22.6 Å². The number of methoxy groups -OCH3 is 1. The highest BCUT2D eigenvalue weighted by molar-refractivity contribution is 5.73. The molecule has 0 aliphatic carbocycles. The third kappa shape index (κ3) is 6.07. The lowest BCUT2D eigenvalue weighted by atomic mass is 10.0. The van der Waals surface area contributed by atoms with Crippen molar-refractivity contribution in [2.75, 3.05) is 23.5 Å². The number of rotatable bonds is 7. The number of nitrogens with zero attached hydrogens (tertiary/aromatic N) is 2. The van der Waals surface area contributed by atoms with Crippen molar-refractivity contribution in [3.63, 3.8) is 0 Å². The SMILES string of the molecule is C#CC(C)/C(C)=C(\C=C(/N)OC)Nc1ncc(C(F)(F)F)c(Nc2ccc(C)cc2N)n1. The number of ether oxygens (including phenoxy) is 1. The fourth-order valence-corrected chi connectivity index (χ4v) is 2.60. The first-order valence-corrected chi connectivity index (χ1v) is 9.48. The van der Waals surface area contributed by atoms with Crippen LogP contribution in [0, 0.1) is 25.2 Å². The fourth-order valence-electron chi connectivity index (χ4n) is 2.60. The lowest BCUT2D eigenvalue weighted by Gasteiger charge is -2.17. The van der Waals surface area contributed by atoms with Gasteiger partial charge in [-0.05, 0) is 44.0 Å². The van der Waals surface area contributed by atoms with Gasteiger partial charge in [-0.3, -0.25) is 0 Å². The molecule has 32 heavy (non-hydrogen) atoms. The third-order valence-electron chi connectivity index (χ3n) is 4.65. The van der Waals surface area contributed by atoms with Crippen molar-refractivity contribution in [1.82, 2.24) is 9.97 Å². The lowest BCUT2D eigenvalue weighted by Crippen LogP contribution is -2.15. The van der Waals surface area contributed by atoms with Gasteiger partial charge in [0.05, 0.1) is 18.5 Å². The monoisotopic (exact) mass is 446 g/mol. The standard InChI is InChI=1S/C22H25F3N6O/c1-6-13(3)14(4)18(10-19(27)32-5)30-21-28-11-15(22(23,24)25)20(31-21)29-17-8-7-12(2)9-16(17)26/h1,7-11,13H,26-27H2,2-5H3,(H2,28,29,30,31)/b18-14+,19-10+. The molecule has 10 heteroatoms. The van der Waals surface area contributed by atoms with E-state index in [1.54, 1.807) is 32.0 Å². The predicted molar refractivity (Wildman–Crippen MR) is 120 cm³/mol. The van der Waals surface area contributed by atoms with Crippen molar-refractivity contribution in [1.29, 1.82) is 0 Å². The Morgan fingerprint density at radius 3 is 2.59 bits per heavy atom. The molecule has 0 spiro atoms. The van der Waals surface area contributed by atoms with Crippen LogP contribution in [0.5, 0.6) is 0 Å². The zero-order valence-electron chi connectivity index (χ0n) is 18.1. The Morgan fingerprint density at radius 1 is 1.34 bits per heavy atom. The Bertz CT molecular complexity index is 1090. The van der Waals surface area contributed by atoms with Gasteiger partial charge in [-0.2, -0.15) is 18.2 Å². The second-order valence-corrected chi connectivity index (χ2v) is 7.03. The zero-order chi connectivity index (χ0) is 24.1. The van der Waals surface area contributed by atoms with Gasteiger partial charge < -0.3 is 26.8 Å². The van der Waals surface area contributed by atoms with Gasteiger partial charge in [0, 0.05) is 23.9 Å². The second-order valence-electron chi connectivity index (χ2n) is 7.03. The minimum Gasteiger partial charge on any atom is -0.483 e. The molecule has 0 saturated heterocycles. The van der Waals surface area contributed by atoms with Gasteiger partial charge in [0.25, 0.3) is 0 Å². The van der Waals surface area contributed by atoms with E-state index in [1.165, 1.54) is 13.2 Å². The smallest absolute Gasteiger partial charge is 0.421 e. The minimum absolute atomic E-state index is 0.0637. The second kappa shape index (κ2) is 9.96. The van der Waals surface area contributed by atoms with E-state index in [0.29, 0.717) is 17.5 Å². The number of hydrogen-bond acceptors (Lipinski definition) is 7. The Hall–Kier alpha value is -3.87. The summed E-state index contributed by atoms with van der Waals surface area (Å²) in [5, 5.41) is 5.53. The third-order valence-corrected chi connectivity index (χ3v) is 4.65. The van der Waals surface area contributed by atoms with Gasteiger partial charge >= 0.3 is 6.18 Å². The molecule has 1 aromatic carbocycles. The molecular formula is C22H25F3N6O. The first-order chi connectivity index (χ1) is 15.0. The summed E-state index contributed by atoms with van der Waals surface area (Å²) in [6.45, 7) is 5.36. The molecule has 0 amide bonds. The molecule has 0 radical (unpaired) electrons. The van der Waals surface area contributed by atoms with E-state index < -0.39 is 17.6 Å². The summed E-state index contributed by atoms with van der Waals surface area (Å²) in [4.78, 5) is 7.85. The molecule has 0 bridgehead atoms. The Labute approximate surface area is 184 Å². The summed E-state index contributed by atoms with van der Waals surface area (Å²) >= 11 is 0. The van der Waals surface area contributed by atoms with E-state index in [0.717, 1.165) is 5.56 Å². The molecule has 2 rings (SSSR count). The van der Waals surface area contributed by atoms with Crippen LogP contribution in [-0.4, -0.2) is 17.1 Å². The van der Waals surface area contributed by atoms with E-state index in [1.807, 2.05) is 6.92 Å². The predicted octanol–water partition coefficient (Wildman–Crippen LogP) is 4.53. The van der Waals surface area contributed by atoms with Crippen LogP contribution in [0.3, 0.4) is 0 Å². The number of benzene rings is 1. The van der Waals surface area contributed by atoms with Crippen LogP contribution in [0.4, 0.5) is 36.3 Å². The summed E-state index contributed by atoms with van der Waals surface area (Å²) in [5.74, 6) is 1.78. The molecule has 1 aromatic heterocycles. The van der Waals surface area contributed by atoms with Gasteiger partial charge in [0.1, 0.15) is 11.4 Å². The van der Waals surface area contributed by atoms with Crippen LogP contribution in [0.1, 0.15) is 25.0 Å². The molecule has 1 unspecified atom stereocenters. The molecule has 170 valence electrons. The number of terminal acetylenes is 1. The maximum Gasteiger partial charge on any atom is 0.421 e. The van der Waals surface area contributed by atoms with E-state index in [9.17, 15) is 13.2 Å². The highest BCUT2D eigenvalue weighted by Crippen LogP contribution is 2.36. The van der Waals surface area contributed by atoms with Crippen LogP contribution < -0.4 is 22.1 Å². The van der Waals surface area contributed by atoms with Crippen LogP contribution in [0.25, 0.3) is 0 Å². The van der Waals surface area contributed by atoms with Gasteiger partial charge in [0.15, 0.2) is 5.88 Å². The van der Waals surface area contributed by atoms with Gasteiger partial charge in [0.2, 0.25) is 5.95 Å². The van der Waals surface area contributed by atoms with Crippen molar-refractivity contribution >= 4 is 23.1 Å². The number of nitrogens with two attached hydrogens (primary N) is 2. The number of alkyl halides is 3. The van der Waals surface area contributed by atoms with Gasteiger partial charge in [-0.15, -0.1) is 6.42 Å². The largest absolute Gasteiger partial charge is 0.483 e. The lowest BCUT2D eigenvalue weighted by molar-refractivity contribution is -0.137. The Balaban J connectivity index is 2.55. The maximum absolute atomic E-state index is 13.6. The quantitative estimate of drug-likeness (QED) is 0.214. The summed E-state index contributed by atoms with van der Waals surface area (Å²) in [6.07, 6.45) is 2.95. The molecular weight excluding hydrogens is 421 g/mol. The van der Waals surface area contributed by atoms with Gasteiger partial charge in [-0.1, -0.05) is 12.0 Å². The molecule has 0 aliphatic heterocycles. The normalized spacial score (nSPS) is 13.6. The van der Waals surface area contributed by atoms with Crippen molar-refractivity contribution in [3.8, 4) is 12.3 Å². The Kier molecular flexibility index (Phi) is 7.59. The average molecular weight is 446 g/mol. The molecule has 7 nitrogen and oxygen atoms in total. The molecule has 0 saturated carbocycles. The molecule has 0 aliphatic rings. The van der Waals surface area contributed by atoms with Crippen molar-refractivity contribution in [2.24, 2.45) is 11.7 Å². The minimum atomic E-state index is -4.69. The van der Waals surface area contributed by atoms with Gasteiger partial charge in [-0.25, -0.2) is 4.98 Å².